The Labute approximate surface area is 104 Å². The molecule has 94 valence electrons. The van der Waals surface area contributed by atoms with Gasteiger partial charge in [-0.1, -0.05) is 0 Å². The molecule has 0 bridgehead atoms. The Balaban J connectivity index is 2.25. The van der Waals surface area contributed by atoms with E-state index in [1.807, 2.05) is 0 Å². The lowest BCUT2D eigenvalue weighted by atomic mass is 10.1. The van der Waals surface area contributed by atoms with Gasteiger partial charge in [0.25, 0.3) is 0 Å². The minimum Gasteiger partial charge on any atom is -0.355 e. The van der Waals surface area contributed by atoms with E-state index in [-0.39, 0.29) is 11.6 Å². The molecule has 2 aromatic rings. The molecular formula is C14H14F2N2. The molecule has 0 saturated carbocycles. The van der Waals surface area contributed by atoms with Gasteiger partial charge in [0.15, 0.2) is 0 Å². The van der Waals surface area contributed by atoms with Crippen LogP contribution in [0.1, 0.15) is 5.56 Å². The van der Waals surface area contributed by atoms with Gasteiger partial charge in [0.2, 0.25) is 0 Å². The fraction of sp³-hybridized carbons (Fsp3) is 0.143. The van der Waals surface area contributed by atoms with Crippen LogP contribution in [0.4, 0.5) is 20.2 Å². The molecule has 2 aromatic carbocycles. The molecule has 0 heterocycles. The zero-order valence-corrected chi connectivity index (χ0v) is 9.79. The van der Waals surface area contributed by atoms with Gasteiger partial charge < -0.3 is 11.1 Å². The molecule has 3 N–H and O–H groups in total. The van der Waals surface area contributed by atoms with E-state index in [1.165, 1.54) is 24.3 Å². The first-order valence-corrected chi connectivity index (χ1v) is 5.70. The lowest BCUT2D eigenvalue weighted by molar-refractivity contribution is 0.625. The Hall–Kier alpha value is -1.94. The standard InChI is InChI=1S/C14H14F2N2/c15-11-1-4-13(5-2-11)18-14-6-3-12(16)9-10(14)7-8-17/h1-6,9,18H,7-8,17H2. The van der Waals surface area contributed by atoms with Gasteiger partial charge in [-0.2, -0.15) is 0 Å². The molecule has 0 aliphatic carbocycles. The van der Waals surface area contributed by atoms with E-state index in [4.69, 9.17) is 5.73 Å². The highest BCUT2D eigenvalue weighted by Gasteiger charge is 2.04. The minimum atomic E-state index is -0.290. The summed E-state index contributed by atoms with van der Waals surface area (Å²) in [6.07, 6.45) is 0.585. The number of nitrogens with one attached hydrogen (secondary N) is 1. The lowest BCUT2D eigenvalue weighted by Crippen LogP contribution is -2.05. The van der Waals surface area contributed by atoms with Gasteiger partial charge in [0, 0.05) is 11.4 Å². The van der Waals surface area contributed by atoms with Gasteiger partial charge in [-0.05, 0) is 61.0 Å². The summed E-state index contributed by atoms with van der Waals surface area (Å²) in [5.41, 5.74) is 7.84. The molecule has 2 nitrogen and oxygen atoms in total. The van der Waals surface area contributed by atoms with Gasteiger partial charge in [0.05, 0.1) is 0 Å². The van der Waals surface area contributed by atoms with Crippen molar-refractivity contribution in [2.24, 2.45) is 5.73 Å². The minimum absolute atomic E-state index is 0.289. The van der Waals surface area contributed by atoms with E-state index < -0.39 is 0 Å². The second-order valence-electron chi connectivity index (χ2n) is 3.97. The highest BCUT2D eigenvalue weighted by molar-refractivity contribution is 5.63. The second kappa shape index (κ2) is 5.60. The third-order valence-electron chi connectivity index (χ3n) is 2.60. The zero-order valence-electron chi connectivity index (χ0n) is 9.79. The SMILES string of the molecule is NCCc1cc(F)ccc1Nc1ccc(F)cc1. The highest BCUT2D eigenvalue weighted by atomic mass is 19.1. The molecule has 0 saturated heterocycles. The summed E-state index contributed by atoms with van der Waals surface area (Å²) in [6.45, 7) is 0.446. The van der Waals surface area contributed by atoms with E-state index in [0.29, 0.717) is 13.0 Å². The average molecular weight is 248 g/mol. The van der Waals surface area contributed by atoms with Crippen LogP contribution in [0.15, 0.2) is 42.5 Å². The van der Waals surface area contributed by atoms with Gasteiger partial charge in [-0.15, -0.1) is 0 Å². The summed E-state index contributed by atoms with van der Waals surface area (Å²) in [4.78, 5) is 0. The van der Waals surface area contributed by atoms with Crippen LogP contribution >= 0.6 is 0 Å². The summed E-state index contributed by atoms with van der Waals surface area (Å²) in [5.74, 6) is -0.579. The van der Waals surface area contributed by atoms with Crippen molar-refractivity contribution < 1.29 is 8.78 Å². The molecule has 0 atom stereocenters. The molecule has 0 aliphatic heterocycles. The summed E-state index contributed by atoms with van der Waals surface area (Å²) in [5, 5.41) is 3.12. The van der Waals surface area contributed by atoms with Crippen molar-refractivity contribution in [1.29, 1.82) is 0 Å². The molecular weight excluding hydrogens is 234 g/mol. The van der Waals surface area contributed by atoms with E-state index in [1.54, 1.807) is 18.2 Å². The highest BCUT2D eigenvalue weighted by Crippen LogP contribution is 2.22. The largest absolute Gasteiger partial charge is 0.355 e. The number of rotatable bonds is 4. The Kier molecular flexibility index (Phi) is 3.89. The van der Waals surface area contributed by atoms with Gasteiger partial charge in [-0.3, -0.25) is 0 Å². The molecule has 0 aromatic heterocycles. The maximum Gasteiger partial charge on any atom is 0.123 e. The molecule has 4 heteroatoms. The third-order valence-corrected chi connectivity index (χ3v) is 2.60. The molecule has 0 amide bonds. The van der Waals surface area contributed by atoms with Crippen molar-refractivity contribution >= 4 is 11.4 Å². The van der Waals surface area contributed by atoms with Crippen molar-refractivity contribution in [3.05, 3.63) is 59.7 Å². The number of benzene rings is 2. The fourth-order valence-corrected chi connectivity index (χ4v) is 1.74. The van der Waals surface area contributed by atoms with Crippen LogP contribution in [0.3, 0.4) is 0 Å². The van der Waals surface area contributed by atoms with Crippen LogP contribution in [0.2, 0.25) is 0 Å². The first kappa shape index (κ1) is 12.5. The zero-order chi connectivity index (χ0) is 13.0. The van der Waals surface area contributed by atoms with Crippen molar-refractivity contribution in [3.63, 3.8) is 0 Å². The number of halogens is 2. The number of anilines is 2. The smallest absolute Gasteiger partial charge is 0.123 e. The molecule has 0 spiro atoms. The Bertz CT molecular complexity index is 524. The molecule has 0 radical (unpaired) electrons. The topological polar surface area (TPSA) is 38.0 Å². The van der Waals surface area contributed by atoms with Crippen LogP contribution in [0, 0.1) is 11.6 Å². The predicted molar refractivity (Wildman–Crippen MR) is 68.8 cm³/mol. The summed E-state index contributed by atoms with van der Waals surface area (Å²) < 4.78 is 25.9. The van der Waals surface area contributed by atoms with E-state index in [0.717, 1.165) is 16.9 Å². The van der Waals surface area contributed by atoms with Gasteiger partial charge in [0.1, 0.15) is 11.6 Å². The number of hydrogen-bond donors (Lipinski definition) is 2. The second-order valence-corrected chi connectivity index (χ2v) is 3.97. The van der Waals surface area contributed by atoms with E-state index >= 15 is 0 Å². The predicted octanol–water partition coefficient (Wildman–Crippen LogP) is 3.21. The molecule has 0 aliphatic rings. The average Bonchev–Trinajstić information content (AvgIpc) is 2.36. The van der Waals surface area contributed by atoms with Crippen molar-refractivity contribution in [2.45, 2.75) is 6.42 Å². The molecule has 0 fully saturated rings. The van der Waals surface area contributed by atoms with Crippen LogP contribution in [0.25, 0.3) is 0 Å². The van der Waals surface area contributed by atoms with Crippen LogP contribution in [-0.4, -0.2) is 6.54 Å². The third kappa shape index (κ3) is 3.05. The summed E-state index contributed by atoms with van der Waals surface area (Å²) in [7, 11) is 0. The Morgan fingerprint density at radius 3 is 2.28 bits per heavy atom. The van der Waals surface area contributed by atoms with E-state index in [9.17, 15) is 8.78 Å². The van der Waals surface area contributed by atoms with Crippen LogP contribution < -0.4 is 11.1 Å². The first-order valence-electron chi connectivity index (χ1n) is 5.70. The molecule has 2 rings (SSSR count). The van der Waals surface area contributed by atoms with Crippen molar-refractivity contribution in [1.82, 2.24) is 0 Å². The quantitative estimate of drug-likeness (QED) is 0.872. The molecule has 0 unspecified atom stereocenters. The van der Waals surface area contributed by atoms with Crippen molar-refractivity contribution in [2.75, 3.05) is 11.9 Å². The van der Waals surface area contributed by atoms with E-state index in [2.05, 4.69) is 5.32 Å². The Morgan fingerprint density at radius 2 is 1.61 bits per heavy atom. The lowest BCUT2D eigenvalue weighted by Gasteiger charge is -2.11. The van der Waals surface area contributed by atoms with Crippen molar-refractivity contribution in [3.8, 4) is 0 Å². The summed E-state index contributed by atoms with van der Waals surface area (Å²) >= 11 is 0. The van der Waals surface area contributed by atoms with Gasteiger partial charge >= 0.3 is 0 Å². The Morgan fingerprint density at radius 1 is 0.944 bits per heavy atom. The fourth-order valence-electron chi connectivity index (χ4n) is 1.74. The first-order chi connectivity index (χ1) is 8.69. The maximum absolute atomic E-state index is 13.1. The summed E-state index contributed by atoms with van der Waals surface area (Å²) in [6, 6.07) is 10.5. The maximum atomic E-state index is 13.1. The normalized spacial score (nSPS) is 10.4. The van der Waals surface area contributed by atoms with Crippen LogP contribution in [-0.2, 0) is 6.42 Å². The van der Waals surface area contributed by atoms with Gasteiger partial charge in [-0.25, -0.2) is 8.78 Å². The number of nitrogens with two attached hydrogens (primary N) is 1. The number of hydrogen-bond acceptors (Lipinski definition) is 2. The molecule has 18 heavy (non-hydrogen) atoms. The van der Waals surface area contributed by atoms with Crippen LogP contribution in [0.5, 0.6) is 0 Å². The monoisotopic (exact) mass is 248 g/mol.